The SMILES string of the molecule is CC(C)(C)c1ccc(C(=O)NC2CC2)c(Cl)c1. The van der Waals surface area contributed by atoms with Gasteiger partial charge in [-0.1, -0.05) is 38.4 Å². The number of carbonyl (C=O) groups is 1. The van der Waals surface area contributed by atoms with Gasteiger partial charge >= 0.3 is 0 Å². The summed E-state index contributed by atoms with van der Waals surface area (Å²) in [5.74, 6) is -0.0574. The summed E-state index contributed by atoms with van der Waals surface area (Å²) in [7, 11) is 0. The van der Waals surface area contributed by atoms with Gasteiger partial charge in [0.2, 0.25) is 0 Å². The smallest absolute Gasteiger partial charge is 0.253 e. The van der Waals surface area contributed by atoms with Gasteiger partial charge < -0.3 is 5.32 Å². The highest BCUT2D eigenvalue weighted by atomic mass is 35.5. The highest BCUT2D eigenvalue weighted by Crippen LogP contribution is 2.27. The summed E-state index contributed by atoms with van der Waals surface area (Å²) in [6.45, 7) is 6.38. The van der Waals surface area contributed by atoms with E-state index < -0.39 is 0 Å². The molecule has 3 heteroatoms. The summed E-state index contributed by atoms with van der Waals surface area (Å²) in [5, 5.41) is 3.48. The van der Waals surface area contributed by atoms with Gasteiger partial charge in [0.1, 0.15) is 0 Å². The second kappa shape index (κ2) is 4.34. The molecule has 17 heavy (non-hydrogen) atoms. The van der Waals surface area contributed by atoms with Crippen LogP contribution in [0.2, 0.25) is 5.02 Å². The number of carbonyl (C=O) groups excluding carboxylic acids is 1. The molecule has 2 rings (SSSR count). The van der Waals surface area contributed by atoms with E-state index in [-0.39, 0.29) is 11.3 Å². The standard InChI is InChI=1S/C14H18ClNO/c1-14(2,3)9-4-7-11(12(15)8-9)13(17)16-10-5-6-10/h4,7-8,10H,5-6H2,1-3H3,(H,16,17). The molecule has 0 aliphatic heterocycles. The third kappa shape index (κ3) is 3.01. The highest BCUT2D eigenvalue weighted by molar-refractivity contribution is 6.33. The average molecular weight is 252 g/mol. The first-order valence-corrected chi connectivity index (χ1v) is 6.36. The molecular weight excluding hydrogens is 234 g/mol. The molecule has 0 atom stereocenters. The van der Waals surface area contributed by atoms with Crippen molar-refractivity contribution in [2.24, 2.45) is 0 Å². The van der Waals surface area contributed by atoms with Gasteiger partial charge in [-0.2, -0.15) is 0 Å². The summed E-state index contributed by atoms with van der Waals surface area (Å²) in [6.07, 6.45) is 2.17. The maximum absolute atomic E-state index is 11.9. The fraction of sp³-hybridized carbons (Fsp3) is 0.500. The van der Waals surface area contributed by atoms with Crippen molar-refractivity contribution in [2.45, 2.75) is 45.1 Å². The van der Waals surface area contributed by atoms with Crippen molar-refractivity contribution in [1.29, 1.82) is 0 Å². The van der Waals surface area contributed by atoms with E-state index in [0.29, 0.717) is 16.6 Å². The second-order valence-electron chi connectivity index (χ2n) is 5.69. The Kier molecular flexibility index (Phi) is 3.17. The molecule has 1 amide bonds. The van der Waals surface area contributed by atoms with Gasteiger partial charge in [0.25, 0.3) is 5.91 Å². The lowest BCUT2D eigenvalue weighted by Gasteiger charge is -2.19. The molecule has 1 aliphatic rings. The van der Waals surface area contributed by atoms with E-state index in [1.165, 1.54) is 0 Å². The van der Waals surface area contributed by atoms with Crippen LogP contribution in [0.3, 0.4) is 0 Å². The summed E-state index contributed by atoms with van der Waals surface area (Å²) < 4.78 is 0. The molecule has 0 bridgehead atoms. The molecular formula is C14H18ClNO. The second-order valence-corrected chi connectivity index (χ2v) is 6.10. The quantitative estimate of drug-likeness (QED) is 0.856. The van der Waals surface area contributed by atoms with Crippen molar-refractivity contribution in [3.8, 4) is 0 Å². The number of hydrogen-bond donors (Lipinski definition) is 1. The normalized spacial score (nSPS) is 15.8. The Balaban J connectivity index is 2.21. The number of rotatable bonds is 2. The summed E-state index contributed by atoms with van der Waals surface area (Å²) in [4.78, 5) is 11.9. The summed E-state index contributed by atoms with van der Waals surface area (Å²) in [6, 6.07) is 6.05. The molecule has 1 N–H and O–H groups in total. The number of hydrogen-bond acceptors (Lipinski definition) is 1. The van der Waals surface area contributed by atoms with Crippen LogP contribution in [0.15, 0.2) is 18.2 Å². The van der Waals surface area contributed by atoms with Crippen LogP contribution in [0.1, 0.15) is 49.5 Å². The maximum Gasteiger partial charge on any atom is 0.253 e. The summed E-state index contributed by atoms with van der Waals surface area (Å²) in [5.41, 5.74) is 1.77. The zero-order chi connectivity index (χ0) is 12.6. The van der Waals surface area contributed by atoms with Crippen molar-refractivity contribution < 1.29 is 4.79 Å². The molecule has 1 aromatic carbocycles. The number of halogens is 1. The van der Waals surface area contributed by atoms with E-state index in [1.807, 2.05) is 18.2 Å². The van der Waals surface area contributed by atoms with E-state index in [4.69, 9.17) is 11.6 Å². The van der Waals surface area contributed by atoms with Crippen LogP contribution in [-0.4, -0.2) is 11.9 Å². The third-order valence-electron chi connectivity index (χ3n) is 2.99. The lowest BCUT2D eigenvalue weighted by atomic mass is 9.86. The number of nitrogens with one attached hydrogen (secondary N) is 1. The third-order valence-corrected chi connectivity index (χ3v) is 3.31. The predicted octanol–water partition coefficient (Wildman–Crippen LogP) is 3.53. The monoisotopic (exact) mass is 251 g/mol. The zero-order valence-electron chi connectivity index (χ0n) is 10.5. The Labute approximate surface area is 107 Å². The van der Waals surface area contributed by atoms with Crippen LogP contribution in [-0.2, 0) is 5.41 Å². The van der Waals surface area contributed by atoms with Crippen LogP contribution in [0.5, 0.6) is 0 Å². The molecule has 1 aromatic rings. The van der Waals surface area contributed by atoms with E-state index in [2.05, 4.69) is 26.1 Å². The molecule has 92 valence electrons. The van der Waals surface area contributed by atoms with Crippen molar-refractivity contribution in [3.05, 3.63) is 34.3 Å². The lowest BCUT2D eigenvalue weighted by Crippen LogP contribution is -2.25. The minimum absolute atomic E-state index is 0.0507. The van der Waals surface area contributed by atoms with Gasteiger partial charge in [-0.15, -0.1) is 0 Å². The molecule has 2 nitrogen and oxygen atoms in total. The van der Waals surface area contributed by atoms with Crippen LogP contribution in [0, 0.1) is 0 Å². The molecule has 0 aromatic heterocycles. The van der Waals surface area contributed by atoms with Crippen LogP contribution >= 0.6 is 11.6 Å². The molecule has 0 unspecified atom stereocenters. The van der Waals surface area contributed by atoms with E-state index >= 15 is 0 Å². The van der Waals surface area contributed by atoms with Crippen LogP contribution in [0.25, 0.3) is 0 Å². The first-order chi connectivity index (χ1) is 7.88. The highest BCUT2D eigenvalue weighted by Gasteiger charge is 2.25. The Morgan fingerprint density at radius 3 is 2.47 bits per heavy atom. The van der Waals surface area contributed by atoms with Crippen molar-refractivity contribution in [3.63, 3.8) is 0 Å². The van der Waals surface area contributed by atoms with Gasteiger partial charge in [0.05, 0.1) is 10.6 Å². The lowest BCUT2D eigenvalue weighted by molar-refractivity contribution is 0.0951. The van der Waals surface area contributed by atoms with E-state index in [0.717, 1.165) is 18.4 Å². The molecule has 1 fully saturated rings. The van der Waals surface area contributed by atoms with Gasteiger partial charge in [0.15, 0.2) is 0 Å². The van der Waals surface area contributed by atoms with Gasteiger partial charge in [-0.3, -0.25) is 4.79 Å². The maximum atomic E-state index is 11.9. The molecule has 1 aliphatic carbocycles. The number of amides is 1. The first-order valence-electron chi connectivity index (χ1n) is 5.99. The molecule has 0 heterocycles. The van der Waals surface area contributed by atoms with Gasteiger partial charge in [-0.25, -0.2) is 0 Å². The van der Waals surface area contributed by atoms with E-state index in [1.54, 1.807) is 0 Å². The Morgan fingerprint density at radius 2 is 2.00 bits per heavy atom. The van der Waals surface area contributed by atoms with Crippen molar-refractivity contribution in [1.82, 2.24) is 5.32 Å². The topological polar surface area (TPSA) is 29.1 Å². The minimum atomic E-state index is -0.0574. The molecule has 0 saturated heterocycles. The Hall–Kier alpha value is -1.02. The van der Waals surface area contributed by atoms with Gasteiger partial charge in [-0.05, 0) is 36.0 Å². The summed E-state index contributed by atoms with van der Waals surface area (Å²) >= 11 is 6.17. The Bertz CT molecular complexity index is 444. The fourth-order valence-corrected chi connectivity index (χ4v) is 1.92. The minimum Gasteiger partial charge on any atom is -0.349 e. The van der Waals surface area contributed by atoms with Crippen LogP contribution in [0.4, 0.5) is 0 Å². The number of benzene rings is 1. The van der Waals surface area contributed by atoms with Crippen molar-refractivity contribution >= 4 is 17.5 Å². The fourth-order valence-electron chi connectivity index (χ4n) is 1.66. The van der Waals surface area contributed by atoms with E-state index in [9.17, 15) is 4.79 Å². The van der Waals surface area contributed by atoms with Gasteiger partial charge in [0, 0.05) is 6.04 Å². The first kappa shape index (κ1) is 12.4. The van der Waals surface area contributed by atoms with Crippen molar-refractivity contribution in [2.75, 3.05) is 0 Å². The molecule has 0 radical (unpaired) electrons. The Morgan fingerprint density at radius 1 is 1.35 bits per heavy atom. The zero-order valence-corrected chi connectivity index (χ0v) is 11.3. The molecule has 1 saturated carbocycles. The van der Waals surface area contributed by atoms with Crippen LogP contribution < -0.4 is 5.32 Å². The predicted molar refractivity (Wildman–Crippen MR) is 70.6 cm³/mol. The molecule has 0 spiro atoms. The largest absolute Gasteiger partial charge is 0.349 e. The average Bonchev–Trinajstić information content (AvgIpc) is 2.99.